The molecule has 1 heterocycles. The summed E-state index contributed by atoms with van der Waals surface area (Å²) >= 11 is 0. The fourth-order valence-corrected chi connectivity index (χ4v) is 2.79. The highest BCUT2D eigenvalue weighted by molar-refractivity contribution is 7.89. The molecule has 0 aromatic carbocycles. The zero-order chi connectivity index (χ0) is 13.8. The number of rotatable bonds is 7. The molecule has 1 aromatic rings. The molecule has 18 heavy (non-hydrogen) atoms. The number of imidazole rings is 1. The van der Waals surface area contributed by atoms with Crippen LogP contribution in [0.1, 0.15) is 32.5 Å². The van der Waals surface area contributed by atoms with Crippen molar-refractivity contribution in [2.24, 2.45) is 5.73 Å². The highest BCUT2D eigenvalue weighted by Gasteiger charge is 2.19. The summed E-state index contributed by atoms with van der Waals surface area (Å²) < 4.78 is 28.2. The van der Waals surface area contributed by atoms with Gasteiger partial charge < -0.3 is 10.3 Å². The monoisotopic (exact) mass is 274 g/mol. The van der Waals surface area contributed by atoms with Crippen LogP contribution in [0.5, 0.6) is 0 Å². The lowest BCUT2D eigenvalue weighted by molar-refractivity contribution is 0.550. The Hall–Kier alpha value is -0.920. The van der Waals surface area contributed by atoms with Gasteiger partial charge in [0.2, 0.25) is 0 Å². The minimum absolute atomic E-state index is 0.0607. The lowest BCUT2D eigenvalue weighted by Gasteiger charge is -2.10. The van der Waals surface area contributed by atoms with E-state index in [4.69, 9.17) is 5.73 Å². The Morgan fingerprint density at radius 1 is 1.50 bits per heavy atom. The molecule has 1 aromatic heterocycles. The molecule has 0 amide bonds. The minimum atomic E-state index is -3.55. The van der Waals surface area contributed by atoms with Crippen molar-refractivity contribution in [1.29, 1.82) is 0 Å². The SMILES string of the molecule is CCCC(N)CNS(=O)(=O)c1cn(CC)c(C)n1. The van der Waals surface area contributed by atoms with Crippen molar-refractivity contribution >= 4 is 10.0 Å². The van der Waals surface area contributed by atoms with Gasteiger partial charge in [0.05, 0.1) is 0 Å². The quantitative estimate of drug-likeness (QED) is 0.762. The van der Waals surface area contributed by atoms with Crippen LogP contribution in [-0.2, 0) is 16.6 Å². The number of nitrogens with zero attached hydrogens (tertiary/aromatic N) is 2. The molecule has 0 spiro atoms. The highest BCUT2D eigenvalue weighted by Crippen LogP contribution is 2.08. The molecule has 3 N–H and O–H groups in total. The number of nitrogens with two attached hydrogens (primary N) is 1. The smallest absolute Gasteiger partial charge is 0.259 e. The Morgan fingerprint density at radius 3 is 2.67 bits per heavy atom. The fraction of sp³-hybridized carbons (Fsp3) is 0.727. The first kappa shape index (κ1) is 15.1. The van der Waals surface area contributed by atoms with Crippen molar-refractivity contribution in [1.82, 2.24) is 14.3 Å². The molecule has 0 aliphatic carbocycles. The molecule has 1 unspecified atom stereocenters. The third-order valence-electron chi connectivity index (χ3n) is 2.76. The normalized spacial score (nSPS) is 13.8. The summed E-state index contributed by atoms with van der Waals surface area (Å²) in [6.45, 7) is 6.68. The lowest BCUT2D eigenvalue weighted by Crippen LogP contribution is -2.37. The second kappa shape index (κ2) is 6.31. The molecule has 0 aliphatic rings. The first-order chi connectivity index (χ1) is 8.40. The van der Waals surface area contributed by atoms with Gasteiger partial charge in [0, 0.05) is 25.3 Å². The van der Waals surface area contributed by atoms with E-state index in [9.17, 15) is 8.42 Å². The summed E-state index contributed by atoms with van der Waals surface area (Å²) in [6, 6.07) is -0.154. The van der Waals surface area contributed by atoms with Crippen molar-refractivity contribution in [3.8, 4) is 0 Å². The Kier molecular flexibility index (Phi) is 5.30. The Balaban J connectivity index is 2.74. The summed E-state index contributed by atoms with van der Waals surface area (Å²) in [4.78, 5) is 4.05. The van der Waals surface area contributed by atoms with Gasteiger partial charge in [-0.25, -0.2) is 18.1 Å². The molecule has 0 saturated heterocycles. The average molecular weight is 274 g/mol. The van der Waals surface area contributed by atoms with Gasteiger partial charge in [-0.05, 0) is 20.3 Å². The van der Waals surface area contributed by atoms with Gasteiger partial charge in [-0.1, -0.05) is 13.3 Å². The molecule has 7 heteroatoms. The molecule has 0 radical (unpaired) electrons. The van der Waals surface area contributed by atoms with Gasteiger partial charge >= 0.3 is 0 Å². The van der Waals surface area contributed by atoms with Crippen LogP contribution in [0.15, 0.2) is 11.2 Å². The largest absolute Gasteiger partial charge is 0.334 e. The van der Waals surface area contributed by atoms with Crippen molar-refractivity contribution in [3.63, 3.8) is 0 Å². The second-order valence-corrected chi connectivity index (χ2v) is 6.03. The maximum Gasteiger partial charge on any atom is 0.259 e. The molecule has 1 rings (SSSR count). The summed E-state index contributed by atoms with van der Waals surface area (Å²) in [5.41, 5.74) is 5.78. The van der Waals surface area contributed by atoms with Crippen LogP contribution in [0.4, 0.5) is 0 Å². The predicted octanol–water partition coefficient (Wildman–Crippen LogP) is 0.617. The van der Waals surface area contributed by atoms with Gasteiger partial charge in [-0.15, -0.1) is 0 Å². The summed E-state index contributed by atoms with van der Waals surface area (Å²) in [6.07, 6.45) is 3.28. The zero-order valence-corrected chi connectivity index (χ0v) is 12.0. The van der Waals surface area contributed by atoms with Gasteiger partial charge in [0.25, 0.3) is 10.0 Å². The first-order valence-electron chi connectivity index (χ1n) is 6.19. The number of aryl methyl sites for hydroxylation is 2. The molecule has 0 fully saturated rings. The zero-order valence-electron chi connectivity index (χ0n) is 11.2. The molecule has 104 valence electrons. The van der Waals surface area contributed by atoms with Crippen molar-refractivity contribution in [3.05, 3.63) is 12.0 Å². The van der Waals surface area contributed by atoms with E-state index < -0.39 is 10.0 Å². The van der Waals surface area contributed by atoms with Gasteiger partial charge in [0.1, 0.15) is 5.82 Å². The Bertz CT molecular complexity index is 481. The maximum absolute atomic E-state index is 12.0. The number of nitrogens with one attached hydrogen (secondary N) is 1. The molecule has 0 bridgehead atoms. The fourth-order valence-electron chi connectivity index (χ4n) is 1.69. The molecule has 0 saturated carbocycles. The van der Waals surface area contributed by atoms with Crippen LogP contribution >= 0.6 is 0 Å². The van der Waals surface area contributed by atoms with Crippen LogP contribution in [0, 0.1) is 6.92 Å². The van der Waals surface area contributed by atoms with Crippen molar-refractivity contribution in [2.45, 2.75) is 51.2 Å². The van der Waals surface area contributed by atoms with Crippen LogP contribution in [0.2, 0.25) is 0 Å². The van der Waals surface area contributed by atoms with E-state index in [0.29, 0.717) is 12.4 Å². The van der Waals surface area contributed by atoms with Crippen LogP contribution in [0.3, 0.4) is 0 Å². The molecule has 0 aliphatic heterocycles. The predicted molar refractivity (Wildman–Crippen MR) is 70.7 cm³/mol. The van der Waals surface area contributed by atoms with E-state index in [-0.39, 0.29) is 17.6 Å². The third-order valence-corrected chi connectivity index (χ3v) is 4.06. The van der Waals surface area contributed by atoms with Crippen LogP contribution in [0.25, 0.3) is 0 Å². The van der Waals surface area contributed by atoms with Crippen molar-refractivity contribution < 1.29 is 8.42 Å². The summed E-state index contributed by atoms with van der Waals surface area (Å²) in [5.74, 6) is 0.690. The van der Waals surface area contributed by atoms with Gasteiger partial charge in [0.15, 0.2) is 5.03 Å². The molecular weight excluding hydrogens is 252 g/mol. The van der Waals surface area contributed by atoms with E-state index in [1.54, 1.807) is 17.7 Å². The molecular formula is C11H22N4O2S. The Morgan fingerprint density at radius 2 is 2.17 bits per heavy atom. The van der Waals surface area contributed by atoms with E-state index in [1.165, 1.54) is 0 Å². The molecule has 6 nitrogen and oxygen atoms in total. The average Bonchev–Trinajstić information content (AvgIpc) is 2.69. The first-order valence-corrected chi connectivity index (χ1v) is 7.68. The second-order valence-electron chi connectivity index (χ2n) is 4.31. The van der Waals surface area contributed by atoms with Crippen LogP contribution in [-0.4, -0.2) is 30.6 Å². The number of hydrogen-bond acceptors (Lipinski definition) is 4. The summed E-state index contributed by atoms with van der Waals surface area (Å²) in [5, 5.41) is 0.0607. The van der Waals surface area contributed by atoms with Crippen LogP contribution < -0.4 is 10.5 Å². The minimum Gasteiger partial charge on any atom is -0.334 e. The number of aromatic nitrogens is 2. The Labute approximate surface area is 109 Å². The number of hydrogen-bond donors (Lipinski definition) is 2. The van der Waals surface area contributed by atoms with E-state index >= 15 is 0 Å². The highest BCUT2D eigenvalue weighted by atomic mass is 32.2. The third kappa shape index (κ3) is 3.79. The van der Waals surface area contributed by atoms with Gasteiger partial charge in [-0.2, -0.15) is 0 Å². The maximum atomic E-state index is 12.0. The number of sulfonamides is 1. The lowest BCUT2D eigenvalue weighted by atomic mass is 10.2. The van der Waals surface area contributed by atoms with Crippen molar-refractivity contribution in [2.75, 3.05) is 6.54 Å². The van der Waals surface area contributed by atoms with E-state index in [1.807, 2.05) is 13.8 Å². The van der Waals surface area contributed by atoms with Gasteiger partial charge in [-0.3, -0.25) is 0 Å². The molecule has 1 atom stereocenters. The topological polar surface area (TPSA) is 90.0 Å². The van der Waals surface area contributed by atoms with E-state index in [0.717, 1.165) is 12.8 Å². The summed E-state index contributed by atoms with van der Waals surface area (Å²) in [7, 11) is -3.55. The standard InChI is InChI=1S/C11H22N4O2S/c1-4-6-10(12)7-13-18(16,17)11-8-15(5-2)9(3)14-11/h8,10,13H,4-7,12H2,1-3H3. The van der Waals surface area contributed by atoms with E-state index in [2.05, 4.69) is 9.71 Å².